The van der Waals surface area contributed by atoms with Crippen LogP contribution in [0, 0.1) is 5.92 Å². The van der Waals surface area contributed by atoms with Crippen LogP contribution in [0.2, 0.25) is 0 Å². The van der Waals surface area contributed by atoms with Crippen molar-refractivity contribution in [3.63, 3.8) is 0 Å². The van der Waals surface area contributed by atoms with Gasteiger partial charge >= 0.3 is 0 Å². The van der Waals surface area contributed by atoms with Gasteiger partial charge in [0.2, 0.25) is 0 Å². The van der Waals surface area contributed by atoms with Crippen molar-refractivity contribution in [2.45, 2.75) is 38.8 Å². The number of methoxy groups -OCH3 is 2. The predicted molar refractivity (Wildman–Crippen MR) is 75.0 cm³/mol. The number of rotatable bonds is 8. The normalized spacial score (nSPS) is 20.5. The highest BCUT2D eigenvalue weighted by Crippen LogP contribution is 2.15. The van der Waals surface area contributed by atoms with E-state index in [1.165, 1.54) is 0 Å². The van der Waals surface area contributed by atoms with Gasteiger partial charge in [-0.15, -0.1) is 0 Å². The summed E-state index contributed by atoms with van der Waals surface area (Å²) in [6, 6.07) is 0.492. The zero-order valence-electron chi connectivity index (χ0n) is 12.4. The first kappa shape index (κ1) is 15.9. The van der Waals surface area contributed by atoms with Gasteiger partial charge in [-0.2, -0.15) is 0 Å². The predicted octanol–water partition coefficient (Wildman–Crippen LogP) is 1.36. The number of nitrogens with zero attached hydrogens (tertiary/aromatic N) is 1. The van der Waals surface area contributed by atoms with E-state index in [-0.39, 0.29) is 0 Å². The summed E-state index contributed by atoms with van der Waals surface area (Å²) in [5, 5.41) is 3.54. The van der Waals surface area contributed by atoms with E-state index in [9.17, 15) is 0 Å². The molecule has 1 heterocycles. The van der Waals surface area contributed by atoms with Crippen LogP contribution in [0.25, 0.3) is 0 Å². The number of ether oxygens (including phenoxy) is 2. The van der Waals surface area contributed by atoms with Crippen molar-refractivity contribution in [1.82, 2.24) is 10.2 Å². The summed E-state index contributed by atoms with van der Waals surface area (Å²) in [6.45, 7) is 9.62. The summed E-state index contributed by atoms with van der Waals surface area (Å²) in [5.41, 5.74) is 0. The van der Waals surface area contributed by atoms with Crippen LogP contribution in [0.15, 0.2) is 0 Å². The monoisotopic (exact) mass is 258 g/mol. The molecule has 4 nitrogen and oxygen atoms in total. The number of hydrogen-bond acceptors (Lipinski definition) is 4. The first-order valence-corrected chi connectivity index (χ1v) is 7.13. The zero-order chi connectivity index (χ0) is 13.4. The lowest BCUT2D eigenvalue weighted by molar-refractivity contribution is 0.0107. The summed E-state index contributed by atoms with van der Waals surface area (Å²) < 4.78 is 10.8. The molecule has 1 fully saturated rings. The number of likely N-dealkylation sites (tertiary alicyclic amines) is 1. The molecule has 1 atom stereocenters. The highest BCUT2D eigenvalue weighted by molar-refractivity contribution is 4.80. The van der Waals surface area contributed by atoms with Gasteiger partial charge in [0.25, 0.3) is 0 Å². The molecular weight excluding hydrogens is 228 g/mol. The first-order valence-electron chi connectivity index (χ1n) is 7.13. The Morgan fingerprint density at radius 1 is 1.17 bits per heavy atom. The molecule has 18 heavy (non-hydrogen) atoms. The molecule has 4 heteroatoms. The van der Waals surface area contributed by atoms with E-state index < -0.39 is 0 Å². The SMILES string of the molecule is COCC(CNCC(C)C)N1CCC(OC)CC1. The molecule has 0 amide bonds. The Bertz CT molecular complexity index is 204. The lowest BCUT2D eigenvalue weighted by atomic mass is 10.1. The van der Waals surface area contributed by atoms with Crippen molar-refractivity contribution < 1.29 is 9.47 Å². The maximum atomic E-state index is 5.42. The number of hydrogen-bond donors (Lipinski definition) is 1. The fourth-order valence-corrected chi connectivity index (χ4v) is 2.50. The molecular formula is C14H30N2O2. The first-order chi connectivity index (χ1) is 8.67. The summed E-state index contributed by atoms with van der Waals surface area (Å²) >= 11 is 0. The van der Waals surface area contributed by atoms with Gasteiger partial charge in [-0.05, 0) is 25.3 Å². The van der Waals surface area contributed by atoms with Crippen LogP contribution in [0.4, 0.5) is 0 Å². The molecule has 0 aliphatic carbocycles. The minimum atomic E-state index is 0.452. The minimum absolute atomic E-state index is 0.452. The summed E-state index contributed by atoms with van der Waals surface area (Å²) in [6.07, 6.45) is 2.73. The quantitative estimate of drug-likeness (QED) is 0.713. The lowest BCUT2D eigenvalue weighted by Gasteiger charge is -2.37. The molecule has 1 N–H and O–H groups in total. The molecule has 0 aromatic carbocycles. The van der Waals surface area contributed by atoms with Crippen molar-refractivity contribution >= 4 is 0 Å². The Morgan fingerprint density at radius 3 is 2.33 bits per heavy atom. The molecule has 0 radical (unpaired) electrons. The molecule has 1 aliphatic rings. The molecule has 108 valence electrons. The van der Waals surface area contributed by atoms with Gasteiger partial charge in [0.15, 0.2) is 0 Å². The molecule has 0 aromatic heterocycles. The molecule has 1 saturated heterocycles. The van der Waals surface area contributed by atoms with Gasteiger partial charge in [-0.3, -0.25) is 4.90 Å². The topological polar surface area (TPSA) is 33.7 Å². The molecule has 0 aromatic rings. The van der Waals surface area contributed by atoms with Gasteiger partial charge in [-0.1, -0.05) is 13.8 Å². The third-order valence-corrected chi connectivity index (χ3v) is 3.62. The summed E-state index contributed by atoms with van der Waals surface area (Å²) in [7, 11) is 3.61. The van der Waals surface area contributed by atoms with Crippen molar-refractivity contribution in [3.8, 4) is 0 Å². The third kappa shape index (κ3) is 5.65. The van der Waals surface area contributed by atoms with Crippen molar-refractivity contribution in [3.05, 3.63) is 0 Å². The number of nitrogens with one attached hydrogen (secondary N) is 1. The standard InChI is InChI=1S/C14H30N2O2/c1-12(2)9-15-10-13(11-17-3)16-7-5-14(18-4)6-8-16/h12-15H,5-11H2,1-4H3. The molecule has 0 saturated carbocycles. The molecule has 1 rings (SSSR count). The lowest BCUT2D eigenvalue weighted by Crippen LogP contribution is -2.49. The maximum Gasteiger partial charge on any atom is 0.0630 e. The summed E-state index contributed by atoms with van der Waals surface area (Å²) in [4.78, 5) is 2.53. The second-order valence-corrected chi connectivity index (χ2v) is 5.63. The largest absolute Gasteiger partial charge is 0.383 e. The third-order valence-electron chi connectivity index (χ3n) is 3.62. The van der Waals surface area contributed by atoms with Gasteiger partial charge in [0.1, 0.15) is 0 Å². The van der Waals surface area contributed by atoms with Crippen LogP contribution in [0.5, 0.6) is 0 Å². The van der Waals surface area contributed by atoms with Gasteiger partial charge < -0.3 is 14.8 Å². The van der Waals surface area contributed by atoms with Crippen LogP contribution >= 0.6 is 0 Å². The minimum Gasteiger partial charge on any atom is -0.383 e. The van der Waals surface area contributed by atoms with Crippen LogP contribution in [-0.4, -0.2) is 64.1 Å². The van der Waals surface area contributed by atoms with Gasteiger partial charge in [0, 0.05) is 39.9 Å². The molecule has 0 spiro atoms. The Kier molecular flexibility index (Phi) is 7.82. The molecule has 1 unspecified atom stereocenters. The Balaban J connectivity index is 2.32. The Morgan fingerprint density at radius 2 is 1.83 bits per heavy atom. The highest BCUT2D eigenvalue weighted by atomic mass is 16.5. The second kappa shape index (κ2) is 8.86. The van der Waals surface area contributed by atoms with E-state index in [4.69, 9.17) is 9.47 Å². The van der Waals surface area contributed by atoms with E-state index >= 15 is 0 Å². The molecule has 1 aliphatic heterocycles. The van der Waals surface area contributed by atoms with Crippen LogP contribution in [0.1, 0.15) is 26.7 Å². The van der Waals surface area contributed by atoms with E-state index in [0.29, 0.717) is 18.1 Å². The average molecular weight is 258 g/mol. The van der Waals surface area contributed by atoms with E-state index in [1.807, 2.05) is 7.11 Å². The van der Waals surface area contributed by atoms with Crippen molar-refractivity contribution in [2.24, 2.45) is 5.92 Å². The van der Waals surface area contributed by atoms with Crippen LogP contribution in [-0.2, 0) is 9.47 Å². The average Bonchev–Trinajstić information content (AvgIpc) is 2.37. The van der Waals surface area contributed by atoms with Crippen molar-refractivity contribution in [2.75, 3.05) is 47.0 Å². The fourth-order valence-electron chi connectivity index (χ4n) is 2.50. The highest BCUT2D eigenvalue weighted by Gasteiger charge is 2.24. The van der Waals surface area contributed by atoms with E-state index in [2.05, 4.69) is 24.1 Å². The Labute approximate surface area is 112 Å². The molecule has 0 bridgehead atoms. The van der Waals surface area contributed by atoms with Crippen LogP contribution < -0.4 is 5.32 Å². The summed E-state index contributed by atoms with van der Waals surface area (Å²) in [5.74, 6) is 0.701. The van der Waals surface area contributed by atoms with E-state index in [1.54, 1.807) is 7.11 Å². The smallest absolute Gasteiger partial charge is 0.0630 e. The fraction of sp³-hybridized carbons (Fsp3) is 1.00. The number of piperidine rings is 1. The van der Waals surface area contributed by atoms with Crippen LogP contribution in [0.3, 0.4) is 0 Å². The van der Waals surface area contributed by atoms with Gasteiger partial charge in [-0.25, -0.2) is 0 Å². The Hall–Kier alpha value is -0.160. The zero-order valence-corrected chi connectivity index (χ0v) is 12.4. The van der Waals surface area contributed by atoms with E-state index in [0.717, 1.165) is 45.6 Å². The second-order valence-electron chi connectivity index (χ2n) is 5.63. The van der Waals surface area contributed by atoms with Crippen molar-refractivity contribution in [1.29, 1.82) is 0 Å². The van der Waals surface area contributed by atoms with Gasteiger partial charge in [0.05, 0.1) is 12.7 Å². The maximum absolute atomic E-state index is 5.42.